The second-order valence-corrected chi connectivity index (χ2v) is 5.91. The molecule has 2 rings (SSSR count). The maximum Gasteiger partial charge on any atom is 0.358 e. The first-order valence-electron chi connectivity index (χ1n) is 7.47. The van der Waals surface area contributed by atoms with Crippen LogP contribution in [0.3, 0.4) is 0 Å². The summed E-state index contributed by atoms with van der Waals surface area (Å²) in [5, 5.41) is 18.2. The Hall–Kier alpha value is -3.27. The number of thiazole rings is 1. The van der Waals surface area contributed by atoms with E-state index in [1.165, 1.54) is 47.9 Å². The highest BCUT2D eigenvalue weighted by Crippen LogP contribution is 2.18. The molecule has 0 aliphatic carbocycles. The highest BCUT2D eigenvalue weighted by atomic mass is 32.1. The molecule has 0 aliphatic rings. The van der Waals surface area contributed by atoms with E-state index in [1.54, 1.807) is 6.08 Å². The fourth-order valence-electron chi connectivity index (χ4n) is 1.82. The highest BCUT2D eigenvalue weighted by Gasteiger charge is 2.21. The van der Waals surface area contributed by atoms with Crippen LogP contribution in [0.2, 0.25) is 0 Å². The second kappa shape index (κ2) is 8.72. The zero-order valence-electron chi connectivity index (χ0n) is 13.8. The van der Waals surface area contributed by atoms with Crippen molar-refractivity contribution in [1.29, 1.82) is 0 Å². The lowest BCUT2D eigenvalue weighted by molar-refractivity contribution is -0.384. The summed E-state index contributed by atoms with van der Waals surface area (Å²) in [7, 11) is 0. The van der Waals surface area contributed by atoms with Gasteiger partial charge in [-0.25, -0.2) is 9.78 Å². The van der Waals surface area contributed by atoms with Crippen LogP contribution in [0.4, 0.5) is 16.5 Å². The standard InChI is InChI=1S/C16H16N4O5S/c1-3-7-17-16-19-13(9-26-16)15(22)25-10(2)14(21)18-11-5-4-6-12(8-11)20(23)24/h3-6,8-10H,1,7H2,2H3,(H,17,19)(H,18,21)/t10-/m0/s1. The van der Waals surface area contributed by atoms with E-state index in [-0.39, 0.29) is 17.1 Å². The fraction of sp³-hybridized carbons (Fsp3) is 0.188. The number of hydrogen-bond acceptors (Lipinski definition) is 8. The number of nitrogens with one attached hydrogen (secondary N) is 2. The molecule has 26 heavy (non-hydrogen) atoms. The van der Waals surface area contributed by atoms with Gasteiger partial charge in [-0.15, -0.1) is 17.9 Å². The minimum absolute atomic E-state index is 0.0801. The summed E-state index contributed by atoms with van der Waals surface area (Å²) in [6.45, 7) is 5.47. The Morgan fingerprint density at radius 2 is 2.27 bits per heavy atom. The molecule has 0 unspecified atom stereocenters. The van der Waals surface area contributed by atoms with Gasteiger partial charge in [0.15, 0.2) is 16.9 Å². The molecule has 0 spiro atoms. The number of ether oxygens (including phenoxy) is 1. The van der Waals surface area contributed by atoms with Crippen molar-refractivity contribution in [2.24, 2.45) is 0 Å². The number of rotatable bonds is 8. The van der Waals surface area contributed by atoms with Gasteiger partial charge >= 0.3 is 5.97 Å². The van der Waals surface area contributed by atoms with E-state index in [4.69, 9.17) is 4.74 Å². The number of non-ortho nitro benzene ring substituents is 1. The van der Waals surface area contributed by atoms with E-state index >= 15 is 0 Å². The number of anilines is 2. The van der Waals surface area contributed by atoms with Gasteiger partial charge in [-0.05, 0) is 13.0 Å². The van der Waals surface area contributed by atoms with Gasteiger partial charge in [0.1, 0.15) is 0 Å². The summed E-state index contributed by atoms with van der Waals surface area (Å²) >= 11 is 1.22. The Labute approximate surface area is 152 Å². The van der Waals surface area contributed by atoms with Gasteiger partial charge in [-0.2, -0.15) is 0 Å². The quantitative estimate of drug-likeness (QED) is 0.314. The Morgan fingerprint density at radius 1 is 1.50 bits per heavy atom. The van der Waals surface area contributed by atoms with Gasteiger partial charge in [0.05, 0.1) is 4.92 Å². The zero-order valence-corrected chi connectivity index (χ0v) is 14.6. The average molecular weight is 376 g/mol. The second-order valence-electron chi connectivity index (χ2n) is 5.05. The Kier molecular flexibility index (Phi) is 6.39. The summed E-state index contributed by atoms with van der Waals surface area (Å²) in [6.07, 6.45) is 0.549. The van der Waals surface area contributed by atoms with Gasteiger partial charge < -0.3 is 15.4 Å². The van der Waals surface area contributed by atoms with E-state index in [0.717, 1.165) is 0 Å². The molecule has 136 valence electrons. The number of nitrogens with zero attached hydrogens (tertiary/aromatic N) is 2. The van der Waals surface area contributed by atoms with E-state index in [9.17, 15) is 19.7 Å². The molecule has 0 fully saturated rings. The summed E-state index contributed by atoms with van der Waals surface area (Å²) in [5.74, 6) is -1.35. The minimum Gasteiger partial charge on any atom is -0.448 e. The van der Waals surface area contributed by atoms with Crippen molar-refractivity contribution in [3.05, 3.63) is 58.1 Å². The molecule has 0 radical (unpaired) electrons. The molecule has 1 aromatic carbocycles. The third kappa shape index (κ3) is 5.11. The van der Waals surface area contributed by atoms with Crippen LogP contribution in [0.1, 0.15) is 17.4 Å². The molecule has 1 atom stereocenters. The van der Waals surface area contributed by atoms with Crippen LogP contribution in [0.25, 0.3) is 0 Å². The Bertz CT molecular complexity index is 836. The first-order valence-corrected chi connectivity index (χ1v) is 8.35. The smallest absolute Gasteiger partial charge is 0.358 e. The van der Waals surface area contributed by atoms with Crippen molar-refractivity contribution in [2.45, 2.75) is 13.0 Å². The number of aromatic nitrogens is 1. The first kappa shape index (κ1) is 19.1. The van der Waals surface area contributed by atoms with Crippen molar-refractivity contribution in [2.75, 3.05) is 17.2 Å². The molecule has 0 saturated carbocycles. The minimum atomic E-state index is -1.10. The maximum atomic E-state index is 12.1. The lowest BCUT2D eigenvalue weighted by Crippen LogP contribution is -2.30. The van der Waals surface area contributed by atoms with Gasteiger partial charge in [-0.1, -0.05) is 12.1 Å². The van der Waals surface area contributed by atoms with E-state index in [2.05, 4.69) is 22.2 Å². The summed E-state index contributed by atoms with van der Waals surface area (Å²) in [6, 6.07) is 5.46. The van der Waals surface area contributed by atoms with Gasteiger partial charge in [0, 0.05) is 29.7 Å². The summed E-state index contributed by atoms with van der Waals surface area (Å²) in [5.41, 5.74) is 0.155. The van der Waals surface area contributed by atoms with E-state index in [0.29, 0.717) is 11.7 Å². The van der Waals surface area contributed by atoms with Gasteiger partial charge in [0.2, 0.25) is 0 Å². The molecule has 1 heterocycles. The topological polar surface area (TPSA) is 123 Å². The Balaban J connectivity index is 1.94. The van der Waals surface area contributed by atoms with Crippen LogP contribution in [0.15, 0.2) is 42.3 Å². The SMILES string of the molecule is C=CCNc1nc(C(=O)O[C@@H](C)C(=O)Nc2cccc([N+](=O)[O-])c2)cs1. The molecule has 10 heteroatoms. The fourth-order valence-corrected chi connectivity index (χ4v) is 2.51. The van der Waals surface area contributed by atoms with Crippen LogP contribution in [-0.4, -0.2) is 34.4 Å². The highest BCUT2D eigenvalue weighted by molar-refractivity contribution is 7.13. The van der Waals surface area contributed by atoms with Crippen LogP contribution in [0, 0.1) is 10.1 Å². The third-order valence-corrected chi connectivity index (χ3v) is 3.89. The molecule has 0 bridgehead atoms. The normalized spacial score (nSPS) is 11.3. The molecular weight excluding hydrogens is 360 g/mol. The van der Waals surface area contributed by atoms with Crippen molar-refractivity contribution in [1.82, 2.24) is 4.98 Å². The van der Waals surface area contributed by atoms with Crippen molar-refractivity contribution in [3.63, 3.8) is 0 Å². The number of benzene rings is 1. The zero-order chi connectivity index (χ0) is 19.1. The number of carbonyl (C=O) groups is 2. The number of nitro benzene ring substituents is 1. The molecule has 0 aliphatic heterocycles. The number of hydrogen-bond donors (Lipinski definition) is 2. The predicted molar refractivity (Wildman–Crippen MR) is 97.4 cm³/mol. The molecule has 2 aromatic rings. The van der Waals surface area contributed by atoms with Gasteiger partial charge in [0.25, 0.3) is 11.6 Å². The number of carbonyl (C=O) groups excluding carboxylic acids is 2. The van der Waals surface area contributed by atoms with Crippen LogP contribution in [0.5, 0.6) is 0 Å². The third-order valence-electron chi connectivity index (χ3n) is 3.09. The Morgan fingerprint density at radius 3 is 2.96 bits per heavy atom. The predicted octanol–water partition coefficient (Wildman–Crippen LogP) is 2.83. The van der Waals surface area contributed by atoms with Crippen LogP contribution >= 0.6 is 11.3 Å². The average Bonchev–Trinajstić information content (AvgIpc) is 3.09. The largest absolute Gasteiger partial charge is 0.448 e. The van der Waals surface area contributed by atoms with Crippen LogP contribution < -0.4 is 10.6 Å². The van der Waals surface area contributed by atoms with Crippen molar-refractivity contribution >= 4 is 39.7 Å². The molecule has 0 saturated heterocycles. The van der Waals surface area contributed by atoms with Crippen molar-refractivity contribution in [3.8, 4) is 0 Å². The lowest BCUT2D eigenvalue weighted by atomic mass is 10.2. The molecule has 1 amide bonds. The molecule has 2 N–H and O–H groups in total. The van der Waals surface area contributed by atoms with Gasteiger partial charge in [-0.3, -0.25) is 14.9 Å². The van der Waals surface area contributed by atoms with Crippen molar-refractivity contribution < 1.29 is 19.2 Å². The molecule has 1 aromatic heterocycles. The summed E-state index contributed by atoms with van der Waals surface area (Å²) in [4.78, 5) is 38.4. The number of esters is 1. The number of amides is 1. The molecule has 9 nitrogen and oxygen atoms in total. The maximum absolute atomic E-state index is 12.1. The van der Waals surface area contributed by atoms with E-state index < -0.39 is 22.9 Å². The number of nitro groups is 1. The van der Waals surface area contributed by atoms with Crippen LogP contribution in [-0.2, 0) is 9.53 Å². The monoisotopic (exact) mass is 376 g/mol. The molecular formula is C16H16N4O5S. The van der Waals surface area contributed by atoms with E-state index in [1.807, 2.05) is 0 Å². The lowest BCUT2D eigenvalue weighted by Gasteiger charge is -2.12. The summed E-state index contributed by atoms with van der Waals surface area (Å²) < 4.78 is 5.08. The first-order chi connectivity index (χ1) is 12.4.